The first-order valence-corrected chi connectivity index (χ1v) is 14.4. The number of thioether (sulfide) groups is 2. The molecule has 0 aromatic heterocycles. The highest BCUT2D eigenvalue weighted by Gasteiger charge is 2.43. The van der Waals surface area contributed by atoms with Crippen LogP contribution >= 0.6 is 23.5 Å². The van der Waals surface area contributed by atoms with E-state index in [0.717, 1.165) is 23.3 Å². The van der Waals surface area contributed by atoms with Crippen LogP contribution in [0.4, 0.5) is 0 Å². The first-order chi connectivity index (χ1) is 16.9. The second kappa shape index (κ2) is 12.2. The van der Waals surface area contributed by atoms with Crippen LogP contribution in [0.2, 0.25) is 0 Å². The molecule has 1 aromatic carbocycles. The van der Waals surface area contributed by atoms with E-state index in [9.17, 15) is 14.4 Å². The van der Waals surface area contributed by atoms with Crippen LogP contribution in [0.5, 0.6) is 0 Å². The van der Waals surface area contributed by atoms with E-state index < -0.39 is 28.8 Å². The van der Waals surface area contributed by atoms with Crippen molar-refractivity contribution in [2.75, 3.05) is 12.9 Å². The Balaban J connectivity index is 1.83. The lowest BCUT2D eigenvalue weighted by molar-refractivity contribution is -0.148. The smallest absolute Gasteiger partial charge is 0.328 e. The lowest BCUT2D eigenvalue weighted by Crippen LogP contribution is -2.61. The molecule has 2 aliphatic rings. The van der Waals surface area contributed by atoms with Crippen molar-refractivity contribution in [3.05, 3.63) is 35.4 Å². The highest BCUT2D eigenvalue weighted by Crippen LogP contribution is 2.43. The summed E-state index contributed by atoms with van der Waals surface area (Å²) in [6.45, 7) is 8.20. The maximum absolute atomic E-state index is 13.8. The van der Waals surface area contributed by atoms with Gasteiger partial charge in [0.15, 0.2) is 0 Å². The Kier molecular flexibility index (Phi) is 9.76. The highest BCUT2D eigenvalue weighted by atomic mass is 32.2. The number of esters is 1. The predicted molar refractivity (Wildman–Crippen MR) is 146 cm³/mol. The van der Waals surface area contributed by atoms with Crippen molar-refractivity contribution in [3.8, 4) is 0 Å². The molecule has 5 N–H and O–H groups in total. The summed E-state index contributed by atoms with van der Waals surface area (Å²) in [4.78, 5) is 41.3. The third-order valence-corrected chi connectivity index (χ3v) is 9.98. The molecule has 1 saturated heterocycles. The average molecular weight is 537 g/mol. The van der Waals surface area contributed by atoms with Gasteiger partial charge < -0.3 is 26.4 Å². The Hall–Kier alpha value is -1.75. The van der Waals surface area contributed by atoms with Crippen LogP contribution in [-0.4, -0.2) is 69.0 Å². The molecule has 0 bridgehead atoms. The van der Waals surface area contributed by atoms with Gasteiger partial charge in [-0.25, -0.2) is 4.79 Å². The van der Waals surface area contributed by atoms with Gasteiger partial charge in [-0.3, -0.25) is 9.59 Å². The minimum absolute atomic E-state index is 0.162. The fourth-order valence-electron chi connectivity index (χ4n) is 4.67. The maximum atomic E-state index is 13.8. The molecule has 0 radical (unpaired) electrons. The van der Waals surface area contributed by atoms with Crippen molar-refractivity contribution >= 4 is 41.3 Å². The SMILES string of the molecule is COC(=O)[C@H](CC(C)C)NC(=O)[C@@H]1Cc2ccccc2CN1C(=O)[C@@H](N)C(C)(C)SC1CC(N)CS1. The summed E-state index contributed by atoms with van der Waals surface area (Å²) in [7, 11) is 1.31. The fourth-order valence-corrected chi connectivity index (χ4v) is 8.17. The summed E-state index contributed by atoms with van der Waals surface area (Å²) in [6, 6.07) is 5.61. The van der Waals surface area contributed by atoms with Crippen molar-refractivity contribution in [2.45, 2.75) is 87.0 Å². The van der Waals surface area contributed by atoms with E-state index >= 15 is 0 Å². The van der Waals surface area contributed by atoms with Gasteiger partial charge in [-0.05, 0) is 43.7 Å². The molecule has 1 aromatic rings. The van der Waals surface area contributed by atoms with Gasteiger partial charge >= 0.3 is 5.97 Å². The van der Waals surface area contributed by atoms with Crippen LogP contribution in [0.25, 0.3) is 0 Å². The summed E-state index contributed by atoms with van der Waals surface area (Å²) in [5.41, 5.74) is 14.7. The van der Waals surface area contributed by atoms with Crippen LogP contribution in [-0.2, 0) is 32.1 Å². The van der Waals surface area contributed by atoms with Crippen LogP contribution in [0.3, 0.4) is 0 Å². The minimum Gasteiger partial charge on any atom is -0.467 e. The predicted octanol–water partition coefficient (Wildman–Crippen LogP) is 2.27. The molecular weight excluding hydrogens is 496 g/mol. The topological polar surface area (TPSA) is 128 Å². The third-order valence-electron chi connectivity index (χ3n) is 6.79. The number of carbonyl (C=O) groups is 3. The molecule has 0 spiro atoms. The number of benzene rings is 1. The number of rotatable bonds is 9. The summed E-state index contributed by atoms with van der Waals surface area (Å²) < 4.78 is 4.65. The van der Waals surface area contributed by atoms with E-state index in [2.05, 4.69) is 5.32 Å². The first kappa shape index (κ1) is 28.8. The average Bonchev–Trinajstić information content (AvgIpc) is 3.24. The Labute approximate surface area is 223 Å². The number of nitrogens with zero attached hydrogens (tertiary/aromatic N) is 1. The molecule has 0 saturated carbocycles. The van der Waals surface area contributed by atoms with Crippen molar-refractivity contribution in [2.24, 2.45) is 17.4 Å². The summed E-state index contributed by atoms with van der Waals surface area (Å²) in [5.74, 6) is -0.0590. The quantitative estimate of drug-likeness (QED) is 0.410. The first-order valence-electron chi connectivity index (χ1n) is 12.5. The van der Waals surface area contributed by atoms with E-state index in [0.29, 0.717) is 12.8 Å². The molecule has 5 atom stereocenters. The summed E-state index contributed by atoms with van der Waals surface area (Å²) in [5, 5.41) is 2.86. The van der Waals surface area contributed by atoms with Crippen molar-refractivity contribution in [1.82, 2.24) is 10.2 Å². The van der Waals surface area contributed by atoms with Gasteiger partial charge in [0, 0.05) is 29.5 Å². The molecule has 2 unspecified atom stereocenters. The summed E-state index contributed by atoms with van der Waals surface area (Å²) >= 11 is 3.49. The van der Waals surface area contributed by atoms with Gasteiger partial charge in [0.25, 0.3) is 0 Å². The van der Waals surface area contributed by atoms with Crippen LogP contribution in [0, 0.1) is 5.92 Å². The van der Waals surface area contributed by atoms with E-state index in [4.69, 9.17) is 16.2 Å². The van der Waals surface area contributed by atoms with Gasteiger partial charge in [-0.15, -0.1) is 23.5 Å². The largest absolute Gasteiger partial charge is 0.467 e. The van der Waals surface area contributed by atoms with Crippen LogP contribution < -0.4 is 16.8 Å². The molecule has 36 heavy (non-hydrogen) atoms. The Morgan fingerprint density at radius 3 is 2.50 bits per heavy atom. The molecule has 1 fully saturated rings. The molecule has 0 aliphatic carbocycles. The zero-order chi connectivity index (χ0) is 26.6. The molecule has 10 heteroatoms. The number of hydrogen-bond acceptors (Lipinski definition) is 8. The van der Waals surface area contributed by atoms with Gasteiger partial charge in [-0.1, -0.05) is 38.1 Å². The molecule has 2 amide bonds. The molecule has 8 nitrogen and oxygen atoms in total. The number of amides is 2. The van der Waals surface area contributed by atoms with Crippen molar-refractivity contribution in [1.29, 1.82) is 0 Å². The van der Waals surface area contributed by atoms with Gasteiger partial charge in [0.1, 0.15) is 12.1 Å². The molecule has 2 aliphatic heterocycles. The fraction of sp³-hybridized carbons (Fsp3) is 0.654. The number of ether oxygens (including phenoxy) is 1. The van der Waals surface area contributed by atoms with Gasteiger partial charge in [0.05, 0.1) is 17.7 Å². The molecular formula is C26H40N4O4S2. The number of nitrogens with one attached hydrogen (secondary N) is 1. The number of hydrogen-bond donors (Lipinski definition) is 3. The number of carbonyl (C=O) groups excluding carboxylic acids is 3. The summed E-state index contributed by atoms with van der Waals surface area (Å²) in [6.07, 6.45) is 1.68. The standard InChI is InChI=1S/C26H40N4O4S2/c1-15(2)10-19(25(33)34-5)29-23(31)20-11-16-8-6-7-9-17(16)13-30(20)24(32)22(28)26(3,4)36-21-12-18(27)14-35-21/h6-9,15,18-22H,10-14,27-28H2,1-5H3,(H,29,31)/t18?,19-,20-,21?,22+/m0/s1. The van der Waals surface area contributed by atoms with E-state index in [1.165, 1.54) is 7.11 Å². The second-order valence-electron chi connectivity index (χ2n) is 10.6. The zero-order valence-corrected chi connectivity index (χ0v) is 23.5. The van der Waals surface area contributed by atoms with Gasteiger partial charge in [-0.2, -0.15) is 0 Å². The number of methoxy groups -OCH3 is 1. The number of nitrogens with two attached hydrogens (primary N) is 2. The lowest BCUT2D eigenvalue weighted by Gasteiger charge is -2.41. The third kappa shape index (κ3) is 6.96. The van der Waals surface area contributed by atoms with Crippen LogP contribution in [0.1, 0.15) is 51.7 Å². The van der Waals surface area contributed by atoms with Crippen molar-refractivity contribution < 1.29 is 19.1 Å². The van der Waals surface area contributed by atoms with E-state index in [1.807, 2.05) is 52.0 Å². The Morgan fingerprint density at radius 2 is 1.92 bits per heavy atom. The molecule has 3 rings (SSSR count). The van der Waals surface area contributed by atoms with Gasteiger partial charge in [0.2, 0.25) is 11.8 Å². The monoisotopic (exact) mass is 536 g/mol. The van der Waals surface area contributed by atoms with E-state index in [1.54, 1.807) is 28.4 Å². The zero-order valence-electron chi connectivity index (χ0n) is 21.9. The lowest BCUT2D eigenvalue weighted by atomic mass is 9.91. The second-order valence-corrected chi connectivity index (χ2v) is 14.0. The normalized spacial score (nSPS) is 23.7. The molecule has 2 heterocycles. The number of fused-ring (bicyclic) bond motifs is 1. The Bertz CT molecular complexity index is 958. The Morgan fingerprint density at radius 1 is 1.25 bits per heavy atom. The van der Waals surface area contributed by atoms with Crippen LogP contribution in [0.15, 0.2) is 24.3 Å². The molecule has 200 valence electrons. The highest BCUT2D eigenvalue weighted by molar-refractivity contribution is 8.17. The van der Waals surface area contributed by atoms with E-state index in [-0.39, 0.29) is 34.9 Å². The van der Waals surface area contributed by atoms with Crippen molar-refractivity contribution in [3.63, 3.8) is 0 Å². The minimum atomic E-state index is -0.812. The maximum Gasteiger partial charge on any atom is 0.328 e.